The Balaban J connectivity index is 0.000000365. The zero-order valence-electron chi connectivity index (χ0n) is 25.7. The zero-order chi connectivity index (χ0) is 34.0. The SMILES string of the molecule is COC1=C(N)C(=O)c2nc(-c3nc(C(=O)O)c(C)c(-c4ccc(OC)c(OC)c4O)c3N)ccc2C1=O.c1ccc2cnccc2c1. The molecule has 5 aromatic rings. The maximum atomic E-state index is 12.8. The van der Waals surface area contributed by atoms with E-state index in [-0.39, 0.29) is 73.7 Å². The molecule has 0 aliphatic heterocycles. The number of hydrogen-bond donors (Lipinski definition) is 4. The van der Waals surface area contributed by atoms with Crippen LogP contribution < -0.4 is 20.9 Å². The van der Waals surface area contributed by atoms with Crippen molar-refractivity contribution in [3.8, 4) is 39.8 Å². The highest BCUT2D eigenvalue weighted by Gasteiger charge is 2.34. The second-order valence-corrected chi connectivity index (χ2v) is 10.1. The quantitative estimate of drug-likeness (QED) is 0.202. The fourth-order valence-electron chi connectivity index (χ4n) is 5.21. The van der Waals surface area contributed by atoms with Crippen LogP contribution in [0.25, 0.3) is 33.3 Å². The molecule has 1 aliphatic carbocycles. The molecular weight excluding hydrogens is 606 g/mol. The van der Waals surface area contributed by atoms with Crippen molar-refractivity contribution in [1.29, 1.82) is 0 Å². The van der Waals surface area contributed by atoms with Crippen LogP contribution in [0.5, 0.6) is 17.2 Å². The van der Waals surface area contributed by atoms with Crippen molar-refractivity contribution in [1.82, 2.24) is 15.0 Å². The van der Waals surface area contributed by atoms with Crippen molar-refractivity contribution in [3.63, 3.8) is 0 Å². The van der Waals surface area contributed by atoms with Crippen LogP contribution >= 0.6 is 0 Å². The predicted molar refractivity (Wildman–Crippen MR) is 172 cm³/mol. The van der Waals surface area contributed by atoms with Gasteiger partial charge in [-0.25, -0.2) is 14.8 Å². The minimum atomic E-state index is -1.36. The Kier molecular flexibility index (Phi) is 8.72. The molecule has 238 valence electrons. The summed E-state index contributed by atoms with van der Waals surface area (Å²) in [6.07, 6.45) is 3.68. The summed E-state index contributed by atoms with van der Waals surface area (Å²) in [5.74, 6) is -3.10. The highest BCUT2D eigenvalue weighted by Crippen LogP contribution is 2.47. The second-order valence-electron chi connectivity index (χ2n) is 10.1. The molecule has 0 unspecified atom stereocenters. The van der Waals surface area contributed by atoms with Gasteiger partial charge >= 0.3 is 5.97 Å². The number of nitrogen functional groups attached to an aromatic ring is 1. The summed E-state index contributed by atoms with van der Waals surface area (Å²) in [4.78, 5) is 50.0. The first kappa shape index (κ1) is 31.9. The third-order valence-corrected chi connectivity index (χ3v) is 7.52. The summed E-state index contributed by atoms with van der Waals surface area (Å²) in [6, 6.07) is 15.9. The lowest BCUT2D eigenvalue weighted by molar-refractivity contribution is 0.0689. The topological polar surface area (TPSA) is 210 Å². The summed E-state index contributed by atoms with van der Waals surface area (Å²) in [5, 5.41) is 23.2. The zero-order valence-corrected chi connectivity index (χ0v) is 25.7. The van der Waals surface area contributed by atoms with E-state index < -0.39 is 23.2 Å². The van der Waals surface area contributed by atoms with Crippen LogP contribution in [0, 0.1) is 6.92 Å². The Labute approximate surface area is 268 Å². The molecule has 0 amide bonds. The van der Waals surface area contributed by atoms with E-state index in [1.165, 1.54) is 63.3 Å². The van der Waals surface area contributed by atoms with E-state index in [2.05, 4.69) is 27.1 Å². The van der Waals surface area contributed by atoms with Gasteiger partial charge in [0.1, 0.15) is 17.1 Å². The van der Waals surface area contributed by atoms with Crippen LogP contribution in [0.3, 0.4) is 0 Å². The molecule has 0 bridgehead atoms. The number of aromatic carboxylic acids is 1. The van der Waals surface area contributed by atoms with Crippen LogP contribution in [0.1, 0.15) is 36.9 Å². The number of allylic oxidation sites excluding steroid dienone is 2. The lowest BCUT2D eigenvalue weighted by Gasteiger charge is -2.20. The van der Waals surface area contributed by atoms with Gasteiger partial charge in [0, 0.05) is 23.5 Å². The fourth-order valence-corrected chi connectivity index (χ4v) is 5.21. The molecule has 6 rings (SSSR count). The molecule has 13 heteroatoms. The van der Waals surface area contributed by atoms with E-state index in [1.54, 1.807) is 0 Å². The molecule has 0 radical (unpaired) electrons. The van der Waals surface area contributed by atoms with Gasteiger partial charge in [0.15, 0.2) is 23.0 Å². The number of hydrogen-bond acceptors (Lipinski definition) is 12. The maximum absolute atomic E-state index is 12.8. The number of phenols is 1. The van der Waals surface area contributed by atoms with Gasteiger partial charge in [-0.3, -0.25) is 14.6 Å². The minimum absolute atomic E-state index is 0.00906. The Morgan fingerprint density at radius 1 is 0.809 bits per heavy atom. The first-order valence-electron chi connectivity index (χ1n) is 13.9. The third-order valence-electron chi connectivity index (χ3n) is 7.52. The Morgan fingerprint density at radius 2 is 1.51 bits per heavy atom. The number of carboxylic acid groups (broad SMARTS) is 1. The average molecular weight is 636 g/mol. The smallest absolute Gasteiger partial charge is 0.354 e. The number of rotatable bonds is 6. The van der Waals surface area contributed by atoms with Crippen LogP contribution in [-0.2, 0) is 4.74 Å². The molecule has 3 aromatic heterocycles. The average Bonchev–Trinajstić information content (AvgIpc) is 3.08. The van der Waals surface area contributed by atoms with E-state index in [0.717, 1.165) is 0 Å². The number of nitrogens with zero attached hydrogens (tertiary/aromatic N) is 3. The number of phenolic OH excluding ortho intramolecular Hbond substituents is 1. The Morgan fingerprint density at radius 3 is 2.15 bits per heavy atom. The lowest BCUT2D eigenvalue weighted by Crippen LogP contribution is -2.28. The number of fused-ring (bicyclic) bond motifs is 2. The molecule has 2 aromatic carbocycles. The standard InChI is InChI=1S/C25H22N4O8.C9H7N/c1-9-14(10-6-8-13(35-2)23(36-3)20(10)30)15(26)19(29-17(9)25(33)34)12-7-5-11-18(28-12)22(32)16(27)24(37-4)21(11)31;1-2-4-9-7-10-6-5-8(9)3-1/h5-8,30H,26-27H2,1-4H3,(H,33,34);1-7H. The lowest BCUT2D eigenvalue weighted by atomic mass is 9.93. The molecule has 0 atom stereocenters. The highest BCUT2D eigenvalue weighted by molar-refractivity contribution is 6.25. The van der Waals surface area contributed by atoms with Crippen LogP contribution in [0.2, 0.25) is 0 Å². The van der Waals surface area contributed by atoms with Gasteiger partial charge in [-0.1, -0.05) is 24.3 Å². The van der Waals surface area contributed by atoms with E-state index in [9.17, 15) is 24.6 Å². The summed E-state index contributed by atoms with van der Waals surface area (Å²) in [6.45, 7) is 1.49. The number of carbonyl (C=O) groups excluding carboxylic acids is 2. The van der Waals surface area contributed by atoms with Gasteiger partial charge in [0.05, 0.1) is 38.3 Å². The molecule has 0 saturated heterocycles. The summed E-state index contributed by atoms with van der Waals surface area (Å²) in [5.41, 5.74) is 11.6. The molecule has 13 nitrogen and oxygen atoms in total. The van der Waals surface area contributed by atoms with Crippen molar-refractivity contribution in [3.05, 3.63) is 101 Å². The summed E-state index contributed by atoms with van der Waals surface area (Å²) < 4.78 is 15.4. The second kappa shape index (κ2) is 12.9. The molecular formula is C34H29N5O8. The number of methoxy groups -OCH3 is 3. The number of Topliss-reactive ketones (excluding diaryl/α,β-unsaturated/α-hetero) is 2. The van der Waals surface area contributed by atoms with Gasteiger partial charge < -0.3 is 35.9 Å². The molecule has 6 N–H and O–H groups in total. The van der Waals surface area contributed by atoms with Crippen LogP contribution in [-0.4, -0.2) is 64.0 Å². The maximum Gasteiger partial charge on any atom is 0.354 e. The largest absolute Gasteiger partial charge is 0.504 e. The minimum Gasteiger partial charge on any atom is -0.504 e. The van der Waals surface area contributed by atoms with Gasteiger partial charge in [-0.15, -0.1) is 0 Å². The molecule has 3 heterocycles. The predicted octanol–water partition coefficient (Wildman–Crippen LogP) is 4.55. The number of ether oxygens (including phenoxy) is 3. The normalized spacial score (nSPS) is 12.3. The first-order valence-corrected chi connectivity index (χ1v) is 13.9. The number of nitrogens with two attached hydrogens (primary N) is 2. The van der Waals surface area contributed by atoms with Crippen molar-refractivity contribution in [2.75, 3.05) is 27.1 Å². The van der Waals surface area contributed by atoms with Crippen LogP contribution in [0.15, 0.2) is 78.4 Å². The number of aromatic hydroxyl groups is 1. The highest BCUT2D eigenvalue weighted by atomic mass is 16.5. The van der Waals surface area contributed by atoms with E-state index in [1.807, 2.05) is 30.6 Å². The van der Waals surface area contributed by atoms with Gasteiger partial charge in [0.25, 0.3) is 0 Å². The van der Waals surface area contributed by atoms with E-state index in [0.29, 0.717) is 0 Å². The molecule has 0 saturated carbocycles. The van der Waals surface area contributed by atoms with E-state index in [4.69, 9.17) is 25.7 Å². The number of benzene rings is 2. The number of aromatic nitrogens is 3. The number of anilines is 1. The molecule has 0 spiro atoms. The van der Waals surface area contributed by atoms with Crippen molar-refractivity contribution >= 4 is 34.0 Å². The van der Waals surface area contributed by atoms with Gasteiger partial charge in [-0.2, -0.15) is 0 Å². The Hall–Kier alpha value is -6.50. The molecule has 1 aliphatic rings. The monoisotopic (exact) mass is 635 g/mol. The molecule has 0 fully saturated rings. The van der Waals surface area contributed by atoms with E-state index >= 15 is 0 Å². The first-order chi connectivity index (χ1) is 22.5. The van der Waals surface area contributed by atoms with Crippen molar-refractivity contribution in [2.24, 2.45) is 5.73 Å². The van der Waals surface area contributed by atoms with Gasteiger partial charge in [-0.05, 0) is 53.6 Å². The van der Waals surface area contributed by atoms with Gasteiger partial charge in [0.2, 0.25) is 17.3 Å². The number of carboxylic acids is 1. The molecule has 47 heavy (non-hydrogen) atoms. The summed E-state index contributed by atoms with van der Waals surface area (Å²) >= 11 is 0. The number of carbonyl (C=O) groups is 3. The fraction of sp³-hybridized carbons (Fsp3) is 0.118. The Bertz CT molecular complexity index is 2060. The number of ketones is 2. The van der Waals surface area contributed by atoms with Crippen molar-refractivity contribution in [2.45, 2.75) is 6.92 Å². The number of pyridine rings is 3. The third kappa shape index (κ3) is 5.61. The van der Waals surface area contributed by atoms with Crippen LogP contribution in [0.4, 0.5) is 5.69 Å². The summed E-state index contributed by atoms with van der Waals surface area (Å²) in [7, 11) is 3.95. The van der Waals surface area contributed by atoms with Crippen molar-refractivity contribution < 1.29 is 38.8 Å².